The maximum absolute atomic E-state index is 10.7. The molecule has 0 aromatic heterocycles. The fourth-order valence-electron chi connectivity index (χ4n) is 3.65. The number of rotatable bonds is 6. The first-order valence-electron chi connectivity index (χ1n) is 10.7. The van der Waals surface area contributed by atoms with E-state index in [1.165, 1.54) is 17.4 Å². The standard InChI is InChI=1S/C14H20ClN3O.C10H7ClO2S/c15-12-3-1-4-13(11-12)18-9-7-17(8-10-18)6-2-5-14(16)19;11-8-1-2-9-6(4-8)3-7(5-14-9)10(12)13/h1,3-4,11H,2,5-10H2,(H2,16,19);1-4H,5H2,(H,12,13). The minimum absolute atomic E-state index is 0.211. The van der Waals surface area contributed by atoms with Crippen LogP contribution in [0.5, 0.6) is 0 Å². The van der Waals surface area contributed by atoms with Crippen molar-refractivity contribution in [3.05, 3.63) is 63.6 Å². The quantitative estimate of drug-likeness (QED) is 0.591. The number of halogens is 2. The molecule has 1 fully saturated rings. The molecular formula is C24H27Cl2N3O3S. The number of carbonyl (C=O) groups excluding carboxylic acids is 1. The Hall–Kier alpha value is -2.19. The molecule has 2 aliphatic heterocycles. The van der Waals surface area contributed by atoms with E-state index in [1.54, 1.807) is 12.1 Å². The first-order chi connectivity index (χ1) is 15.8. The van der Waals surface area contributed by atoms with Crippen LogP contribution < -0.4 is 10.6 Å². The van der Waals surface area contributed by atoms with Crippen LogP contribution in [0.15, 0.2) is 52.9 Å². The lowest BCUT2D eigenvalue weighted by Gasteiger charge is -2.36. The number of hydrogen-bond donors (Lipinski definition) is 2. The normalized spacial score (nSPS) is 15.7. The van der Waals surface area contributed by atoms with Crippen molar-refractivity contribution in [1.82, 2.24) is 4.90 Å². The molecule has 4 rings (SSSR count). The van der Waals surface area contributed by atoms with E-state index in [9.17, 15) is 9.59 Å². The van der Waals surface area contributed by atoms with Crippen LogP contribution in [-0.2, 0) is 9.59 Å². The molecule has 1 saturated heterocycles. The van der Waals surface area contributed by atoms with Crippen molar-refractivity contribution >= 4 is 58.6 Å². The van der Waals surface area contributed by atoms with Crippen LogP contribution in [0.3, 0.4) is 0 Å². The van der Waals surface area contributed by atoms with Crippen molar-refractivity contribution in [1.29, 1.82) is 0 Å². The number of primary amides is 1. The number of benzene rings is 2. The monoisotopic (exact) mass is 507 g/mol. The lowest BCUT2D eigenvalue weighted by atomic mass is 10.1. The molecule has 2 aliphatic rings. The lowest BCUT2D eigenvalue weighted by molar-refractivity contribution is -0.132. The highest BCUT2D eigenvalue weighted by molar-refractivity contribution is 7.99. The van der Waals surface area contributed by atoms with Crippen LogP contribution in [0, 0.1) is 0 Å². The lowest BCUT2D eigenvalue weighted by Crippen LogP contribution is -2.46. The van der Waals surface area contributed by atoms with Crippen molar-refractivity contribution in [3.63, 3.8) is 0 Å². The molecule has 1 amide bonds. The summed E-state index contributed by atoms with van der Waals surface area (Å²) in [5.74, 6) is -0.551. The van der Waals surface area contributed by atoms with Crippen molar-refractivity contribution < 1.29 is 14.7 Å². The number of piperazine rings is 1. The fourth-order valence-corrected chi connectivity index (χ4v) is 4.98. The summed E-state index contributed by atoms with van der Waals surface area (Å²) in [5.41, 5.74) is 7.64. The number of aliphatic carboxylic acids is 1. The van der Waals surface area contributed by atoms with Gasteiger partial charge < -0.3 is 15.7 Å². The molecule has 2 heterocycles. The van der Waals surface area contributed by atoms with Gasteiger partial charge in [-0.05, 0) is 61.0 Å². The largest absolute Gasteiger partial charge is 0.478 e. The summed E-state index contributed by atoms with van der Waals surface area (Å²) in [6.07, 6.45) is 3.01. The molecule has 0 aliphatic carbocycles. The first-order valence-corrected chi connectivity index (χ1v) is 12.4. The summed E-state index contributed by atoms with van der Waals surface area (Å²) < 4.78 is 0. The molecule has 0 bridgehead atoms. The van der Waals surface area contributed by atoms with E-state index in [2.05, 4.69) is 15.9 Å². The fraction of sp³-hybridized carbons (Fsp3) is 0.333. The Morgan fingerprint density at radius 2 is 1.76 bits per heavy atom. The average molecular weight is 508 g/mol. The third-order valence-electron chi connectivity index (χ3n) is 5.40. The molecule has 9 heteroatoms. The highest BCUT2D eigenvalue weighted by Gasteiger charge is 2.17. The van der Waals surface area contributed by atoms with Gasteiger partial charge in [0.1, 0.15) is 0 Å². The zero-order chi connectivity index (χ0) is 23.8. The molecule has 0 radical (unpaired) electrons. The van der Waals surface area contributed by atoms with Gasteiger partial charge >= 0.3 is 5.97 Å². The Kier molecular flexibility index (Phi) is 9.50. The Morgan fingerprint density at radius 1 is 1.03 bits per heavy atom. The molecule has 2 aromatic carbocycles. The van der Waals surface area contributed by atoms with Gasteiger partial charge in [0.2, 0.25) is 5.91 Å². The van der Waals surface area contributed by atoms with Crippen LogP contribution >= 0.6 is 35.0 Å². The molecule has 33 heavy (non-hydrogen) atoms. The summed E-state index contributed by atoms with van der Waals surface area (Å²) in [6, 6.07) is 13.5. The SMILES string of the molecule is NC(=O)CCCN1CCN(c2cccc(Cl)c2)CC1.O=C(O)C1=Cc2cc(Cl)ccc2SC1. The summed E-state index contributed by atoms with van der Waals surface area (Å²) in [4.78, 5) is 27.2. The number of carboxylic acid groups (broad SMARTS) is 1. The molecule has 176 valence electrons. The van der Waals surface area contributed by atoms with E-state index in [-0.39, 0.29) is 5.91 Å². The van der Waals surface area contributed by atoms with E-state index in [1.807, 2.05) is 30.3 Å². The van der Waals surface area contributed by atoms with Crippen LogP contribution in [0.2, 0.25) is 10.0 Å². The minimum Gasteiger partial charge on any atom is -0.478 e. The van der Waals surface area contributed by atoms with E-state index < -0.39 is 5.97 Å². The Labute approximate surface area is 208 Å². The molecule has 6 nitrogen and oxygen atoms in total. The smallest absolute Gasteiger partial charge is 0.332 e. The maximum Gasteiger partial charge on any atom is 0.332 e. The molecule has 0 saturated carbocycles. The number of hydrogen-bond acceptors (Lipinski definition) is 5. The number of fused-ring (bicyclic) bond motifs is 1. The molecule has 0 spiro atoms. The second kappa shape index (κ2) is 12.3. The number of carbonyl (C=O) groups is 2. The molecular weight excluding hydrogens is 481 g/mol. The number of nitrogens with two attached hydrogens (primary N) is 1. The summed E-state index contributed by atoms with van der Waals surface area (Å²) in [6.45, 7) is 4.98. The number of carboxylic acids is 1. The van der Waals surface area contributed by atoms with Crippen molar-refractivity contribution in [3.8, 4) is 0 Å². The molecule has 2 aromatic rings. The topological polar surface area (TPSA) is 86.9 Å². The van der Waals surface area contributed by atoms with Crippen LogP contribution in [0.25, 0.3) is 6.08 Å². The number of nitrogens with zero attached hydrogens (tertiary/aromatic N) is 2. The van der Waals surface area contributed by atoms with Gasteiger partial charge in [0.25, 0.3) is 0 Å². The maximum atomic E-state index is 10.7. The Balaban J connectivity index is 0.000000194. The van der Waals surface area contributed by atoms with Gasteiger partial charge in [-0.15, -0.1) is 11.8 Å². The third-order valence-corrected chi connectivity index (χ3v) is 7.01. The van der Waals surface area contributed by atoms with Crippen LogP contribution in [0.1, 0.15) is 18.4 Å². The van der Waals surface area contributed by atoms with Gasteiger partial charge in [-0.2, -0.15) is 0 Å². The van der Waals surface area contributed by atoms with Crippen molar-refractivity contribution in [2.45, 2.75) is 17.7 Å². The third kappa shape index (κ3) is 7.96. The predicted octanol–water partition coefficient (Wildman–Crippen LogP) is 4.64. The van der Waals surface area contributed by atoms with Gasteiger partial charge in [-0.1, -0.05) is 29.3 Å². The summed E-state index contributed by atoms with van der Waals surface area (Å²) in [5, 5.41) is 10.2. The van der Waals surface area contributed by atoms with E-state index in [4.69, 9.17) is 34.0 Å². The van der Waals surface area contributed by atoms with Gasteiger partial charge in [0, 0.05) is 64.6 Å². The number of amides is 1. The highest BCUT2D eigenvalue weighted by atomic mass is 35.5. The highest BCUT2D eigenvalue weighted by Crippen LogP contribution is 2.33. The Morgan fingerprint density at radius 3 is 2.42 bits per heavy atom. The number of thioether (sulfide) groups is 1. The minimum atomic E-state index is -0.858. The van der Waals surface area contributed by atoms with Gasteiger partial charge in [-0.25, -0.2) is 4.79 Å². The van der Waals surface area contributed by atoms with E-state index in [0.29, 0.717) is 22.8 Å². The summed E-state index contributed by atoms with van der Waals surface area (Å²) >= 11 is 13.4. The second-order valence-electron chi connectivity index (χ2n) is 7.82. The average Bonchev–Trinajstić information content (AvgIpc) is 2.79. The summed E-state index contributed by atoms with van der Waals surface area (Å²) in [7, 11) is 0. The number of anilines is 1. The van der Waals surface area contributed by atoms with Gasteiger partial charge in [0.15, 0.2) is 0 Å². The molecule has 0 unspecified atom stereocenters. The zero-order valence-electron chi connectivity index (χ0n) is 18.2. The Bertz CT molecular complexity index is 1020. The van der Waals surface area contributed by atoms with Crippen LogP contribution in [0.4, 0.5) is 5.69 Å². The zero-order valence-corrected chi connectivity index (χ0v) is 20.5. The molecule has 0 atom stereocenters. The first kappa shape index (κ1) is 25.4. The van der Waals surface area contributed by atoms with Crippen molar-refractivity contribution in [2.24, 2.45) is 5.73 Å². The second-order valence-corrected chi connectivity index (χ2v) is 9.71. The molecule has 3 N–H and O–H groups in total. The van der Waals surface area contributed by atoms with Crippen LogP contribution in [-0.4, -0.2) is 60.4 Å². The van der Waals surface area contributed by atoms with E-state index >= 15 is 0 Å². The van der Waals surface area contributed by atoms with Gasteiger partial charge in [0.05, 0.1) is 0 Å². The van der Waals surface area contributed by atoms with Crippen molar-refractivity contribution in [2.75, 3.05) is 43.4 Å². The van der Waals surface area contributed by atoms with Gasteiger partial charge in [-0.3, -0.25) is 9.69 Å². The predicted molar refractivity (Wildman–Crippen MR) is 136 cm³/mol. The van der Waals surface area contributed by atoms with E-state index in [0.717, 1.165) is 54.6 Å².